The van der Waals surface area contributed by atoms with E-state index in [1.165, 1.54) is 0 Å². The molecule has 5 nitrogen and oxygen atoms in total. The Hall–Kier alpha value is -0.590. The highest BCUT2D eigenvalue weighted by atomic mass is 32.2. The molecule has 1 rings (SSSR count). The highest BCUT2D eigenvalue weighted by molar-refractivity contribution is 8.00. The number of carbonyl (C=O) groups is 2. The third-order valence-corrected chi connectivity index (χ3v) is 3.21. The molecule has 6 heteroatoms. The molecule has 0 radical (unpaired) electrons. The van der Waals surface area contributed by atoms with Crippen LogP contribution in [0.2, 0.25) is 0 Å². The van der Waals surface area contributed by atoms with Gasteiger partial charge in [-0.15, -0.1) is 11.8 Å². The number of nitrogens with one attached hydrogen (secondary N) is 1. The Kier molecular flexibility index (Phi) is 4.37. The molecule has 0 spiro atoms. The van der Waals surface area contributed by atoms with Gasteiger partial charge in [-0.05, 0) is 6.42 Å². The first-order chi connectivity index (χ1) is 6.61. The summed E-state index contributed by atoms with van der Waals surface area (Å²) in [5, 5.41) is 2.85. The average Bonchev–Trinajstić information content (AvgIpc) is 2.65. The summed E-state index contributed by atoms with van der Waals surface area (Å²) >= 11 is 1.56. The van der Waals surface area contributed by atoms with Crippen molar-refractivity contribution in [3.63, 3.8) is 0 Å². The fourth-order valence-corrected chi connectivity index (χ4v) is 2.29. The van der Waals surface area contributed by atoms with Gasteiger partial charge in [0.1, 0.15) is 5.37 Å². The zero-order chi connectivity index (χ0) is 10.6. The third kappa shape index (κ3) is 3.28. The molecule has 0 aromatic carbocycles. The summed E-state index contributed by atoms with van der Waals surface area (Å²) in [4.78, 5) is 22.1. The number of amides is 1. The molecule has 0 aliphatic carbocycles. The van der Waals surface area contributed by atoms with Gasteiger partial charge in [-0.1, -0.05) is 0 Å². The number of thioether (sulfide) groups is 1. The van der Waals surface area contributed by atoms with E-state index in [0.29, 0.717) is 6.42 Å². The van der Waals surface area contributed by atoms with Gasteiger partial charge in [0, 0.05) is 18.7 Å². The molecule has 0 bridgehead atoms. The number of nitrogens with two attached hydrogens (primary N) is 2. The van der Waals surface area contributed by atoms with Gasteiger partial charge in [-0.3, -0.25) is 14.9 Å². The third-order valence-electron chi connectivity index (χ3n) is 2.04. The quantitative estimate of drug-likeness (QED) is 0.538. The predicted molar refractivity (Wildman–Crippen MR) is 55.7 cm³/mol. The number of hydrogen-bond acceptors (Lipinski definition) is 5. The SMILES string of the molecule is NC(=O)CC[C@H](N)C(=O)C1NCCS1. The van der Waals surface area contributed by atoms with Crippen molar-refractivity contribution in [3.05, 3.63) is 0 Å². The maximum absolute atomic E-state index is 11.6. The van der Waals surface area contributed by atoms with Crippen molar-refractivity contribution in [2.24, 2.45) is 11.5 Å². The first-order valence-electron chi connectivity index (χ1n) is 4.54. The summed E-state index contributed by atoms with van der Waals surface area (Å²) in [5.74, 6) is 0.480. The van der Waals surface area contributed by atoms with Crippen molar-refractivity contribution >= 4 is 23.5 Å². The van der Waals surface area contributed by atoms with Crippen molar-refractivity contribution in [2.75, 3.05) is 12.3 Å². The van der Waals surface area contributed by atoms with Gasteiger partial charge < -0.3 is 11.5 Å². The summed E-state index contributed by atoms with van der Waals surface area (Å²) in [6.45, 7) is 0.837. The van der Waals surface area contributed by atoms with Crippen LogP contribution < -0.4 is 16.8 Å². The fourth-order valence-electron chi connectivity index (χ4n) is 1.24. The number of ketones is 1. The molecule has 1 unspecified atom stereocenters. The van der Waals surface area contributed by atoms with Crippen LogP contribution in [-0.2, 0) is 9.59 Å². The largest absolute Gasteiger partial charge is 0.370 e. The second-order valence-electron chi connectivity index (χ2n) is 3.22. The number of Topliss-reactive ketones (excluding diaryl/α,β-unsaturated/α-hetero) is 1. The van der Waals surface area contributed by atoms with Crippen LogP contribution in [0.25, 0.3) is 0 Å². The summed E-state index contributed by atoms with van der Waals surface area (Å²) in [7, 11) is 0. The van der Waals surface area contributed by atoms with Crippen LogP contribution in [0.5, 0.6) is 0 Å². The first-order valence-corrected chi connectivity index (χ1v) is 5.58. The van der Waals surface area contributed by atoms with Gasteiger partial charge >= 0.3 is 0 Å². The van der Waals surface area contributed by atoms with E-state index in [1.54, 1.807) is 11.8 Å². The number of primary amides is 1. The monoisotopic (exact) mass is 217 g/mol. The molecular formula is C8H15N3O2S. The molecule has 1 saturated heterocycles. The molecule has 80 valence electrons. The van der Waals surface area contributed by atoms with Crippen molar-refractivity contribution in [1.82, 2.24) is 5.32 Å². The zero-order valence-corrected chi connectivity index (χ0v) is 8.68. The van der Waals surface area contributed by atoms with Crippen LogP contribution in [0, 0.1) is 0 Å². The lowest BCUT2D eigenvalue weighted by Crippen LogP contribution is -2.42. The van der Waals surface area contributed by atoms with Crippen LogP contribution in [0.15, 0.2) is 0 Å². The molecule has 2 atom stereocenters. The van der Waals surface area contributed by atoms with E-state index in [1.807, 2.05) is 0 Å². The molecule has 1 amide bonds. The van der Waals surface area contributed by atoms with Crippen LogP contribution in [-0.4, -0.2) is 35.4 Å². The molecule has 1 heterocycles. The second-order valence-corrected chi connectivity index (χ2v) is 4.43. The van der Waals surface area contributed by atoms with Crippen LogP contribution in [0.1, 0.15) is 12.8 Å². The summed E-state index contributed by atoms with van der Waals surface area (Å²) in [5.41, 5.74) is 10.6. The summed E-state index contributed by atoms with van der Waals surface area (Å²) in [6, 6.07) is -0.578. The van der Waals surface area contributed by atoms with Gasteiger partial charge in [0.05, 0.1) is 6.04 Å². The van der Waals surface area contributed by atoms with Gasteiger partial charge in [0.25, 0.3) is 0 Å². The normalized spacial score (nSPS) is 23.4. The molecule has 14 heavy (non-hydrogen) atoms. The Labute approximate surface area is 87.0 Å². The fraction of sp³-hybridized carbons (Fsp3) is 0.750. The minimum atomic E-state index is -0.578. The maximum Gasteiger partial charge on any atom is 0.217 e. The van der Waals surface area contributed by atoms with Crippen molar-refractivity contribution in [3.8, 4) is 0 Å². The Bertz CT molecular complexity index is 229. The average molecular weight is 217 g/mol. The Morgan fingerprint density at radius 2 is 2.29 bits per heavy atom. The zero-order valence-electron chi connectivity index (χ0n) is 7.86. The highest BCUT2D eigenvalue weighted by Gasteiger charge is 2.27. The van der Waals surface area contributed by atoms with Crippen LogP contribution >= 0.6 is 11.8 Å². The standard InChI is InChI=1S/C8H15N3O2S/c9-5(1-2-6(10)12)7(13)8-11-3-4-14-8/h5,8,11H,1-4,9H2,(H2,10,12)/t5-,8?/m0/s1. The minimum absolute atomic E-state index is 0.0336. The highest BCUT2D eigenvalue weighted by Crippen LogP contribution is 2.16. The number of hydrogen-bond donors (Lipinski definition) is 3. The molecule has 1 aliphatic heterocycles. The van der Waals surface area contributed by atoms with Crippen molar-refractivity contribution in [1.29, 1.82) is 0 Å². The Balaban J connectivity index is 2.31. The Morgan fingerprint density at radius 3 is 2.79 bits per heavy atom. The second kappa shape index (κ2) is 5.33. The van der Waals surface area contributed by atoms with E-state index in [0.717, 1.165) is 12.3 Å². The van der Waals surface area contributed by atoms with E-state index in [4.69, 9.17) is 11.5 Å². The molecule has 0 aromatic rings. The molecule has 1 fully saturated rings. The summed E-state index contributed by atoms with van der Waals surface area (Å²) in [6.07, 6.45) is 0.511. The molecular weight excluding hydrogens is 202 g/mol. The Morgan fingerprint density at radius 1 is 1.57 bits per heavy atom. The van der Waals surface area contributed by atoms with E-state index < -0.39 is 11.9 Å². The van der Waals surface area contributed by atoms with E-state index in [9.17, 15) is 9.59 Å². The number of carbonyl (C=O) groups excluding carboxylic acids is 2. The smallest absolute Gasteiger partial charge is 0.217 e. The molecule has 0 saturated carbocycles. The van der Waals surface area contributed by atoms with Gasteiger partial charge in [0.15, 0.2) is 5.78 Å². The van der Waals surface area contributed by atoms with E-state index in [2.05, 4.69) is 5.32 Å². The predicted octanol–water partition coefficient (Wildman–Crippen LogP) is -1.19. The molecule has 1 aliphatic rings. The lowest BCUT2D eigenvalue weighted by Gasteiger charge is -2.14. The van der Waals surface area contributed by atoms with Crippen LogP contribution in [0.3, 0.4) is 0 Å². The summed E-state index contributed by atoms with van der Waals surface area (Å²) < 4.78 is 0. The maximum atomic E-state index is 11.6. The van der Waals surface area contributed by atoms with E-state index >= 15 is 0 Å². The van der Waals surface area contributed by atoms with Gasteiger partial charge in [0.2, 0.25) is 5.91 Å². The first kappa shape index (κ1) is 11.5. The topological polar surface area (TPSA) is 98.2 Å². The molecule has 5 N–H and O–H groups in total. The lowest BCUT2D eigenvalue weighted by molar-refractivity contribution is -0.121. The lowest BCUT2D eigenvalue weighted by atomic mass is 10.1. The minimum Gasteiger partial charge on any atom is -0.370 e. The van der Waals surface area contributed by atoms with Crippen molar-refractivity contribution in [2.45, 2.75) is 24.3 Å². The number of rotatable bonds is 5. The van der Waals surface area contributed by atoms with Gasteiger partial charge in [-0.25, -0.2) is 0 Å². The van der Waals surface area contributed by atoms with Crippen molar-refractivity contribution < 1.29 is 9.59 Å². The van der Waals surface area contributed by atoms with E-state index in [-0.39, 0.29) is 17.6 Å². The van der Waals surface area contributed by atoms with Gasteiger partial charge in [-0.2, -0.15) is 0 Å². The molecule has 0 aromatic heterocycles. The van der Waals surface area contributed by atoms with Crippen LogP contribution in [0.4, 0.5) is 0 Å².